The van der Waals surface area contributed by atoms with Gasteiger partial charge in [0.15, 0.2) is 5.13 Å². The van der Waals surface area contributed by atoms with Crippen LogP contribution in [0.2, 0.25) is 0 Å². The Morgan fingerprint density at radius 1 is 1.50 bits per heavy atom. The van der Waals surface area contributed by atoms with E-state index in [1.807, 2.05) is 6.07 Å². The summed E-state index contributed by atoms with van der Waals surface area (Å²) < 4.78 is 0.936. The Labute approximate surface area is 120 Å². The lowest BCUT2D eigenvalue weighted by Gasteiger charge is -2.18. The summed E-state index contributed by atoms with van der Waals surface area (Å²) >= 11 is 1.37. The fourth-order valence-electron chi connectivity index (χ4n) is 1.92. The molecule has 6 nitrogen and oxygen atoms in total. The average Bonchev–Trinajstić information content (AvgIpc) is 2.76. The van der Waals surface area contributed by atoms with Crippen molar-refractivity contribution >= 4 is 32.6 Å². The number of nitrogens with zero attached hydrogens (tertiary/aromatic N) is 1. The van der Waals surface area contributed by atoms with Crippen molar-refractivity contribution in [3.05, 3.63) is 23.8 Å². The summed E-state index contributed by atoms with van der Waals surface area (Å²) in [6, 6.07) is 5.28. The van der Waals surface area contributed by atoms with E-state index in [1.54, 1.807) is 12.1 Å². The first-order valence-corrected chi connectivity index (χ1v) is 7.05. The van der Waals surface area contributed by atoms with Gasteiger partial charge in [-0.15, -0.1) is 0 Å². The molecule has 2 unspecified atom stereocenters. The van der Waals surface area contributed by atoms with E-state index < -0.39 is 12.2 Å². The van der Waals surface area contributed by atoms with Crippen LogP contribution < -0.4 is 11.1 Å². The number of aliphatic hydroxyl groups is 2. The maximum atomic E-state index is 10.7. The van der Waals surface area contributed by atoms with Gasteiger partial charge in [-0.1, -0.05) is 17.4 Å². The third kappa shape index (κ3) is 3.44. The van der Waals surface area contributed by atoms with Crippen LogP contribution in [-0.2, 0) is 4.79 Å². The number of hydrogen-bond acceptors (Lipinski definition) is 6. The van der Waals surface area contributed by atoms with Crippen molar-refractivity contribution in [2.75, 3.05) is 12.3 Å². The topological polar surface area (TPSA) is 108 Å². The van der Waals surface area contributed by atoms with Gasteiger partial charge in [-0.3, -0.25) is 4.79 Å². The van der Waals surface area contributed by atoms with Gasteiger partial charge in [0.05, 0.1) is 16.3 Å². The maximum absolute atomic E-state index is 10.7. The van der Waals surface area contributed by atoms with Crippen LogP contribution >= 0.6 is 11.3 Å². The van der Waals surface area contributed by atoms with Gasteiger partial charge in [-0.2, -0.15) is 0 Å². The van der Waals surface area contributed by atoms with Crippen LogP contribution in [0.5, 0.6) is 0 Å². The predicted octanol–water partition coefficient (Wildman–Crippen LogP) is 0.799. The molecule has 108 valence electrons. The number of nitrogens with one attached hydrogen (secondary N) is 1. The number of amides is 1. The number of fused-ring (bicyclic) bond motifs is 1. The number of aliphatic hydroxyl groups excluding tert-OH is 2. The second-order valence-electron chi connectivity index (χ2n) is 4.56. The molecule has 20 heavy (non-hydrogen) atoms. The second kappa shape index (κ2) is 6.17. The Balaban J connectivity index is 2.05. The van der Waals surface area contributed by atoms with Crippen molar-refractivity contribution in [1.29, 1.82) is 0 Å². The molecule has 2 rings (SSSR count). The molecule has 1 amide bonds. The molecule has 2 atom stereocenters. The van der Waals surface area contributed by atoms with Gasteiger partial charge in [0.25, 0.3) is 0 Å². The van der Waals surface area contributed by atoms with E-state index in [4.69, 9.17) is 5.73 Å². The molecule has 5 N–H and O–H groups in total. The number of anilines is 1. The van der Waals surface area contributed by atoms with E-state index in [9.17, 15) is 15.0 Å². The van der Waals surface area contributed by atoms with E-state index >= 15 is 0 Å². The van der Waals surface area contributed by atoms with Gasteiger partial charge in [0.1, 0.15) is 6.10 Å². The molecule has 0 radical (unpaired) electrons. The summed E-state index contributed by atoms with van der Waals surface area (Å²) in [6.45, 7) is 1.73. The Morgan fingerprint density at radius 2 is 2.25 bits per heavy atom. The highest BCUT2D eigenvalue weighted by atomic mass is 32.1. The van der Waals surface area contributed by atoms with Crippen LogP contribution in [-0.4, -0.2) is 33.8 Å². The Kier molecular flexibility index (Phi) is 4.53. The third-order valence-electron chi connectivity index (χ3n) is 2.95. The minimum atomic E-state index is -1.02. The van der Waals surface area contributed by atoms with Crippen molar-refractivity contribution in [2.45, 2.75) is 25.6 Å². The third-order valence-corrected chi connectivity index (χ3v) is 3.81. The first-order valence-electron chi connectivity index (χ1n) is 6.24. The Morgan fingerprint density at radius 3 is 2.95 bits per heavy atom. The molecule has 0 saturated heterocycles. The zero-order valence-electron chi connectivity index (χ0n) is 11.0. The minimum absolute atomic E-state index is 0.161. The molecule has 0 fully saturated rings. The fraction of sp³-hybridized carbons (Fsp3) is 0.385. The van der Waals surface area contributed by atoms with Crippen LogP contribution in [0.25, 0.3) is 10.2 Å². The Hall–Kier alpha value is -1.70. The van der Waals surface area contributed by atoms with Crippen molar-refractivity contribution in [2.24, 2.45) is 0 Å². The molecule has 7 heteroatoms. The predicted molar refractivity (Wildman–Crippen MR) is 78.3 cm³/mol. The van der Waals surface area contributed by atoms with E-state index in [1.165, 1.54) is 18.3 Å². The van der Waals surface area contributed by atoms with Crippen molar-refractivity contribution < 1.29 is 15.0 Å². The highest BCUT2D eigenvalue weighted by Gasteiger charge is 2.19. The molecule has 0 aliphatic rings. The molecule has 2 aromatic rings. The van der Waals surface area contributed by atoms with Gasteiger partial charge in [0, 0.05) is 13.5 Å². The first kappa shape index (κ1) is 14.7. The number of rotatable bonds is 5. The number of hydrogen-bond donors (Lipinski definition) is 4. The van der Waals surface area contributed by atoms with Crippen LogP contribution in [0.1, 0.15) is 25.0 Å². The van der Waals surface area contributed by atoms with Crippen molar-refractivity contribution in [3.63, 3.8) is 0 Å². The number of benzene rings is 1. The quantitative estimate of drug-likeness (QED) is 0.652. The van der Waals surface area contributed by atoms with E-state index in [2.05, 4.69) is 10.3 Å². The first-order chi connectivity index (χ1) is 9.47. The lowest BCUT2D eigenvalue weighted by Crippen LogP contribution is -2.27. The smallest absolute Gasteiger partial charge is 0.216 e. The van der Waals surface area contributed by atoms with Crippen LogP contribution in [0.15, 0.2) is 18.2 Å². The van der Waals surface area contributed by atoms with Gasteiger partial charge in [-0.05, 0) is 24.1 Å². The van der Waals surface area contributed by atoms with Crippen LogP contribution in [0, 0.1) is 0 Å². The lowest BCUT2D eigenvalue weighted by molar-refractivity contribution is -0.119. The molecular formula is C13H17N3O3S. The highest BCUT2D eigenvalue weighted by molar-refractivity contribution is 7.22. The summed E-state index contributed by atoms with van der Waals surface area (Å²) in [6.07, 6.45) is -1.69. The summed E-state index contributed by atoms with van der Waals surface area (Å²) in [7, 11) is 0. The number of aromatic nitrogens is 1. The van der Waals surface area contributed by atoms with E-state index in [-0.39, 0.29) is 12.3 Å². The molecule has 0 bridgehead atoms. The molecule has 0 aliphatic heterocycles. The monoisotopic (exact) mass is 295 g/mol. The molecule has 0 saturated carbocycles. The summed E-state index contributed by atoms with van der Waals surface area (Å²) in [5.74, 6) is -0.161. The standard InChI is InChI=1S/C13H17N3O3S/c1-7(17)15-5-4-10(18)12(19)8-2-3-11-9(6-8)16-13(14)20-11/h2-3,6,10,12,18-19H,4-5H2,1H3,(H2,14,16)(H,15,17). The minimum Gasteiger partial charge on any atom is -0.390 e. The van der Waals surface area contributed by atoms with E-state index in [0.29, 0.717) is 22.8 Å². The van der Waals surface area contributed by atoms with Gasteiger partial charge < -0.3 is 21.3 Å². The molecular weight excluding hydrogens is 278 g/mol. The highest BCUT2D eigenvalue weighted by Crippen LogP contribution is 2.28. The van der Waals surface area contributed by atoms with Gasteiger partial charge >= 0.3 is 0 Å². The zero-order chi connectivity index (χ0) is 14.7. The second-order valence-corrected chi connectivity index (χ2v) is 5.63. The van der Waals surface area contributed by atoms with E-state index in [0.717, 1.165) is 4.70 Å². The van der Waals surface area contributed by atoms with Gasteiger partial charge in [0.2, 0.25) is 5.91 Å². The molecule has 0 spiro atoms. The van der Waals surface area contributed by atoms with Crippen molar-refractivity contribution in [1.82, 2.24) is 10.3 Å². The van der Waals surface area contributed by atoms with Crippen LogP contribution in [0.3, 0.4) is 0 Å². The average molecular weight is 295 g/mol. The van der Waals surface area contributed by atoms with Crippen LogP contribution in [0.4, 0.5) is 5.13 Å². The number of nitrogen functional groups attached to an aromatic ring is 1. The number of nitrogens with two attached hydrogens (primary N) is 1. The number of carbonyl (C=O) groups excluding carboxylic acids is 1. The number of carbonyl (C=O) groups is 1. The summed E-state index contributed by atoms with van der Waals surface area (Å²) in [5, 5.41) is 23.1. The molecule has 1 heterocycles. The molecule has 0 aliphatic carbocycles. The lowest BCUT2D eigenvalue weighted by atomic mass is 10.0. The summed E-state index contributed by atoms with van der Waals surface area (Å²) in [5.41, 5.74) is 6.91. The van der Waals surface area contributed by atoms with Crippen molar-refractivity contribution in [3.8, 4) is 0 Å². The normalized spacial score (nSPS) is 14.2. The fourth-order valence-corrected chi connectivity index (χ4v) is 2.64. The SMILES string of the molecule is CC(=O)NCCC(O)C(O)c1ccc2sc(N)nc2c1. The van der Waals surface area contributed by atoms with Gasteiger partial charge in [-0.25, -0.2) is 4.98 Å². The summed E-state index contributed by atoms with van der Waals surface area (Å²) in [4.78, 5) is 14.9. The molecule has 1 aromatic heterocycles. The zero-order valence-corrected chi connectivity index (χ0v) is 11.9. The molecule has 1 aromatic carbocycles. The number of thiazole rings is 1. The Bertz CT molecular complexity index is 614. The maximum Gasteiger partial charge on any atom is 0.216 e. The largest absolute Gasteiger partial charge is 0.390 e.